The molecular formula is C14H21NO2. The van der Waals surface area contributed by atoms with E-state index in [-0.39, 0.29) is 24.5 Å². The van der Waals surface area contributed by atoms with Gasteiger partial charge in [0.1, 0.15) is 0 Å². The molecule has 1 atom stereocenters. The second-order valence-electron chi connectivity index (χ2n) is 4.82. The van der Waals surface area contributed by atoms with Crippen LogP contribution in [0.4, 0.5) is 0 Å². The van der Waals surface area contributed by atoms with Crippen molar-refractivity contribution >= 4 is 5.91 Å². The van der Waals surface area contributed by atoms with E-state index < -0.39 is 0 Å². The van der Waals surface area contributed by atoms with E-state index in [0.717, 1.165) is 11.1 Å². The number of hydrogen-bond donors (Lipinski definition) is 2. The van der Waals surface area contributed by atoms with Gasteiger partial charge in [-0.1, -0.05) is 31.5 Å². The molecule has 3 nitrogen and oxygen atoms in total. The minimum absolute atomic E-state index is 0.0335. The van der Waals surface area contributed by atoms with Crippen LogP contribution in [0.15, 0.2) is 18.2 Å². The molecule has 0 saturated heterocycles. The number of carbonyl (C=O) groups is 1. The Morgan fingerprint density at radius 3 is 2.53 bits per heavy atom. The molecule has 17 heavy (non-hydrogen) atoms. The zero-order valence-electron chi connectivity index (χ0n) is 10.9. The maximum atomic E-state index is 12.1. The van der Waals surface area contributed by atoms with Crippen LogP contribution in [0.3, 0.4) is 0 Å². The fourth-order valence-corrected chi connectivity index (χ4v) is 1.65. The molecule has 0 aliphatic rings. The Bertz CT molecular complexity index is 399. The summed E-state index contributed by atoms with van der Waals surface area (Å²) in [4.78, 5) is 12.1. The van der Waals surface area contributed by atoms with Crippen molar-refractivity contribution in [3.05, 3.63) is 34.9 Å². The second kappa shape index (κ2) is 5.82. The highest BCUT2D eigenvalue weighted by Crippen LogP contribution is 2.11. The van der Waals surface area contributed by atoms with Crippen LogP contribution in [0, 0.1) is 19.8 Å². The lowest BCUT2D eigenvalue weighted by Crippen LogP contribution is -2.41. The number of hydrogen-bond acceptors (Lipinski definition) is 2. The van der Waals surface area contributed by atoms with E-state index in [1.54, 1.807) is 0 Å². The molecule has 1 rings (SSSR count). The largest absolute Gasteiger partial charge is 0.394 e. The van der Waals surface area contributed by atoms with Crippen molar-refractivity contribution in [3.8, 4) is 0 Å². The Hall–Kier alpha value is -1.35. The standard InChI is InChI=1S/C14H21NO2/c1-9(2)13(8-16)15-14(17)12-7-10(3)5-6-11(12)4/h5-7,9,13,16H,8H2,1-4H3,(H,15,17)/t13-/m1/s1. The van der Waals surface area contributed by atoms with Crippen LogP contribution in [0.25, 0.3) is 0 Å². The molecule has 3 heteroatoms. The van der Waals surface area contributed by atoms with Gasteiger partial charge in [-0.3, -0.25) is 4.79 Å². The smallest absolute Gasteiger partial charge is 0.251 e. The molecule has 0 heterocycles. The number of aliphatic hydroxyl groups is 1. The average Bonchev–Trinajstić information content (AvgIpc) is 2.28. The summed E-state index contributed by atoms with van der Waals surface area (Å²) < 4.78 is 0. The van der Waals surface area contributed by atoms with Crippen LogP contribution in [-0.4, -0.2) is 23.7 Å². The Morgan fingerprint density at radius 2 is 2.00 bits per heavy atom. The number of aliphatic hydroxyl groups excluding tert-OH is 1. The van der Waals surface area contributed by atoms with Crippen LogP contribution in [-0.2, 0) is 0 Å². The lowest BCUT2D eigenvalue weighted by Gasteiger charge is -2.20. The predicted molar refractivity (Wildman–Crippen MR) is 69.1 cm³/mol. The fourth-order valence-electron chi connectivity index (χ4n) is 1.65. The zero-order valence-corrected chi connectivity index (χ0v) is 10.9. The maximum Gasteiger partial charge on any atom is 0.251 e. The van der Waals surface area contributed by atoms with Crippen molar-refractivity contribution in [2.45, 2.75) is 33.7 Å². The first kappa shape index (κ1) is 13.7. The fraction of sp³-hybridized carbons (Fsp3) is 0.500. The molecule has 0 bridgehead atoms. The van der Waals surface area contributed by atoms with Gasteiger partial charge in [0.2, 0.25) is 0 Å². The Balaban J connectivity index is 2.86. The molecular weight excluding hydrogens is 214 g/mol. The average molecular weight is 235 g/mol. The van der Waals surface area contributed by atoms with Gasteiger partial charge in [0, 0.05) is 5.56 Å². The summed E-state index contributed by atoms with van der Waals surface area (Å²) in [6.07, 6.45) is 0. The van der Waals surface area contributed by atoms with E-state index in [9.17, 15) is 9.90 Å². The minimum atomic E-state index is -0.192. The molecule has 2 N–H and O–H groups in total. The lowest BCUT2D eigenvalue weighted by atomic mass is 10.0. The third kappa shape index (κ3) is 3.56. The normalized spacial score (nSPS) is 12.6. The quantitative estimate of drug-likeness (QED) is 0.839. The summed E-state index contributed by atoms with van der Waals surface area (Å²) in [5, 5.41) is 12.1. The number of benzene rings is 1. The topological polar surface area (TPSA) is 49.3 Å². The summed E-state index contributed by atoms with van der Waals surface area (Å²) in [6.45, 7) is 7.79. The number of nitrogens with one attached hydrogen (secondary N) is 1. The summed E-state index contributed by atoms with van der Waals surface area (Å²) >= 11 is 0. The molecule has 0 spiro atoms. The van der Waals surface area contributed by atoms with Gasteiger partial charge in [0.05, 0.1) is 12.6 Å². The van der Waals surface area contributed by atoms with Crippen LogP contribution in [0.2, 0.25) is 0 Å². The third-order valence-electron chi connectivity index (χ3n) is 2.96. The van der Waals surface area contributed by atoms with Gasteiger partial charge < -0.3 is 10.4 Å². The first-order valence-corrected chi connectivity index (χ1v) is 5.94. The van der Waals surface area contributed by atoms with Gasteiger partial charge in [-0.15, -0.1) is 0 Å². The highest BCUT2D eigenvalue weighted by Gasteiger charge is 2.17. The van der Waals surface area contributed by atoms with Gasteiger partial charge in [0.15, 0.2) is 0 Å². The highest BCUT2D eigenvalue weighted by molar-refractivity contribution is 5.96. The molecule has 94 valence electrons. The van der Waals surface area contributed by atoms with Crippen molar-refractivity contribution in [1.82, 2.24) is 5.32 Å². The molecule has 1 aromatic carbocycles. The molecule has 0 aromatic heterocycles. The van der Waals surface area contributed by atoms with Crippen LogP contribution in [0.1, 0.15) is 35.3 Å². The van der Waals surface area contributed by atoms with E-state index in [0.29, 0.717) is 5.56 Å². The first-order valence-electron chi connectivity index (χ1n) is 5.94. The van der Waals surface area contributed by atoms with Gasteiger partial charge in [-0.2, -0.15) is 0 Å². The number of amides is 1. The monoisotopic (exact) mass is 235 g/mol. The van der Waals surface area contributed by atoms with Crippen molar-refractivity contribution in [1.29, 1.82) is 0 Å². The molecule has 0 saturated carbocycles. The van der Waals surface area contributed by atoms with Crippen molar-refractivity contribution in [2.75, 3.05) is 6.61 Å². The summed E-state index contributed by atoms with van der Waals surface area (Å²) in [7, 11) is 0. The highest BCUT2D eigenvalue weighted by atomic mass is 16.3. The van der Waals surface area contributed by atoms with Crippen molar-refractivity contribution in [3.63, 3.8) is 0 Å². The lowest BCUT2D eigenvalue weighted by molar-refractivity contribution is 0.0896. The molecule has 0 fully saturated rings. The minimum Gasteiger partial charge on any atom is -0.394 e. The molecule has 0 aliphatic heterocycles. The van der Waals surface area contributed by atoms with Crippen LogP contribution in [0.5, 0.6) is 0 Å². The van der Waals surface area contributed by atoms with E-state index in [4.69, 9.17) is 0 Å². The van der Waals surface area contributed by atoms with Gasteiger partial charge in [-0.05, 0) is 31.4 Å². The van der Waals surface area contributed by atoms with Crippen molar-refractivity contribution in [2.24, 2.45) is 5.92 Å². The van der Waals surface area contributed by atoms with Gasteiger partial charge >= 0.3 is 0 Å². The van der Waals surface area contributed by atoms with Crippen LogP contribution >= 0.6 is 0 Å². The van der Waals surface area contributed by atoms with Crippen LogP contribution < -0.4 is 5.32 Å². The zero-order chi connectivity index (χ0) is 13.0. The van der Waals surface area contributed by atoms with E-state index in [1.165, 1.54) is 0 Å². The molecule has 0 unspecified atom stereocenters. The predicted octanol–water partition coefficient (Wildman–Crippen LogP) is 2.05. The van der Waals surface area contributed by atoms with Gasteiger partial charge in [0.25, 0.3) is 5.91 Å². The first-order chi connectivity index (χ1) is 7.95. The Morgan fingerprint density at radius 1 is 1.35 bits per heavy atom. The van der Waals surface area contributed by atoms with E-state index >= 15 is 0 Å². The number of carbonyl (C=O) groups excluding carboxylic acids is 1. The molecule has 1 amide bonds. The van der Waals surface area contributed by atoms with Gasteiger partial charge in [-0.25, -0.2) is 0 Å². The van der Waals surface area contributed by atoms with E-state index in [1.807, 2.05) is 45.9 Å². The van der Waals surface area contributed by atoms with E-state index in [2.05, 4.69) is 5.32 Å². The Labute approximate surface area is 103 Å². The summed E-state index contributed by atoms with van der Waals surface area (Å²) in [5.41, 5.74) is 2.70. The molecule has 0 aliphatic carbocycles. The number of aryl methyl sites for hydroxylation is 2. The van der Waals surface area contributed by atoms with Crippen molar-refractivity contribution < 1.29 is 9.90 Å². The summed E-state index contributed by atoms with van der Waals surface area (Å²) in [5.74, 6) is 0.105. The Kier molecular flexibility index (Phi) is 4.70. The molecule has 0 radical (unpaired) electrons. The second-order valence-corrected chi connectivity index (χ2v) is 4.82. The molecule has 1 aromatic rings. The maximum absolute atomic E-state index is 12.1. The number of rotatable bonds is 4. The SMILES string of the molecule is Cc1ccc(C)c(C(=O)N[C@H](CO)C(C)C)c1. The summed E-state index contributed by atoms with van der Waals surface area (Å²) in [6, 6.07) is 5.60. The third-order valence-corrected chi connectivity index (χ3v) is 2.96.